The number of esters is 1. The third-order valence-corrected chi connectivity index (χ3v) is 4.15. The molecule has 0 unspecified atom stereocenters. The van der Waals surface area contributed by atoms with Crippen LogP contribution in [0, 0.1) is 0 Å². The molecule has 0 saturated heterocycles. The van der Waals surface area contributed by atoms with E-state index in [1.807, 2.05) is 18.2 Å². The number of fused-ring (bicyclic) bond motifs is 2. The van der Waals surface area contributed by atoms with E-state index in [4.69, 9.17) is 0 Å². The molecule has 0 atom stereocenters. The predicted octanol–water partition coefficient (Wildman–Crippen LogP) is 1.86. The number of hydrogen-bond acceptors (Lipinski definition) is 7. The zero-order chi connectivity index (χ0) is 16.2. The van der Waals surface area contributed by atoms with Gasteiger partial charge in [-0.05, 0) is 24.6 Å². The third-order valence-electron chi connectivity index (χ3n) is 3.08. The topological polar surface area (TPSA) is 93.2 Å². The van der Waals surface area contributed by atoms with Crippen molar-refractivity contribution in [1.82, 2.24) is 15.3 Å². The first-order chi connectivity index (χ1) is 11.2. The summed E-state index contributed by atoms with van der Waals surface area (Å²) in [6, 6.07) is 5.74. The molecular weight excluding hydrogens is 316 g/mol. The van der Waals surface area contributed by atoms with Gasteiger partial charge in [0.2, 0.25) is 0 Å². The summed E-state index contributed by atoms with van der Waals surface area (Å²) in [6.07, 6.45) is 3.28. The first-order valence-electron chi connectivity index (χ1n) is 7.01. The molecule has 1 aromatic heterocycles. The van der Waals surface area contributed by atoms with Gasteiger partial charge >= 0.3 is 11.9 Å². The average Bonchev–Trinajstić information content (AvgIpc) is 2.57. The Kier molecular flexibility index (Phi) is 4.42. The lowest BCUT2D eigenvalue weighted by atomic mass is 10.2. The van der Waals surface area contributed by atoms with E-state index in [9.17, 15) is 9.59 Å². The molecule has 2 aromatic rings. The average molecular weight is 330 g/mol. The maximum Gasteiger partial charge on any atom is 0.396 e. The Morgan fingerprint density at radius 3 is 2.96 bits per heavy atom. The van der Waals surface area contributed by atoms with Crippen LogP contribution >= 0.6 is 11.8 Å². The minimum absolute atomic E-state index is 0.173. The third kappa shape index (κ3) is 3.42. The molecule has 0 fully saturated rings. The summed E-state index contributed by atoms with van der Waals surface area (Å²) in [7, 11) is 0. The summed E-state index contributed by atoms with van der Waals surface area (Å²) >= 11 is 1.53. The lowest BCUT2D eigenvalue weighted by molar-refractivity contribution is -0.154. The minimum Gasteiger partial charge on any atom is -0.459 e. The van der Waals surface area contributed by atoms with Crippen molar-refractivity contribution < 1.29 is 14.3 Å². The lowest BCUT2D eigenvalue weighted by Crippen LogP contribution is -2.32. The molecule has 0 saturated carbocycles. The van der Waals surface area contributed by atoms with E-state index >= 15 is 0 Å². The molecule has 2 N–H and O–H groups in total. The van der Waals surface area contributed by atoms with Crippen molar-refractivity contribution in [2.75, 3.05) is 11.9 Å². The highest BCUT2D eigenvalue weighted by atomic mass is 32.2. The number of nitrogens with zero attached hydrogens (tertiary/aromatic N) is 2. The monoisotopic (exact) mass is 330 g/mol. The van der Waals surface area contributed by atoms with E-state index in [0.29, 0.717) is 5.82 Å². The second-order valence-electron chi connectivity index (χ2n) is 4.67. The predicted molar refractivity (Wildman–Crippen MR) is 84.4 cm³/mol. The van der Waals surface area contributed by atoms with Crippen LogP contribution in [0.5, 0.6) is 0 Å². The number of amides is 1. The van der Waals surface area contributed by atoms with Crippen molar-refractivity contribution in [3.63, 3.8) is 0 Å². The number of anilines is 2. The van der Waals surface area contributed by atoms with Crippen LogP contribution < -0.4 is 10.6 Å². The molecule has 0 radical (unpaired) electrons. The van der Waals surface area contributed by atoms with Gasteiger partial charge in [-0.25, -0.2) is 14.8 Å². The molecule has 1 aliphatic rings. The highest BCUT2D eigenvalue weighted by Gasteiger charge is 2.18. The second-order valence-corrected chi connectivity index (χ2v) is 5.70. The first kappa shape index (κ1) is 15.3. The van der Waals surface area contributed by atoms with Crippen LogP contribution in [-0.4, -0.2) is 28.5 Å². The number of ether oxygens (including phenoxy) is 1. The SMILES string of the molecule is CCOC(=O)C(=O)NCc1ccc2c(c1)Nc1nccnc1S2. The Morgan fingerprint density at radius 1 is 1.30 bits per heavy atom. The Bertz CT molecular complexity index is 766. The van der Waals surface area contributed by atoms with Crippen molar-refractivity contribution in [2.45, 2.75) is 23.4 Å². The van der Waals surface area contributed by atoms with Gasteiger partial charge in [0.15, 0.2) is 5.82 Å². The molecule has 1 aromatic carbocycles. The van der Waals surface area contributed by atoms with Gasteiger partial charge in [0.25, 0.3) is 0 Å². The second kappa shape index (κ2) is 6.66. The summed E-state index contributed by atoms with van der Waals surface area (Å²) < 4.78 is 4.64. The first-order valence-corrected chi connectivity index (χ1v) is 7.82. The normalized spacial score (nSPS) is 11.7. The highest BCUT2D eigenvalue weighted by Crippen LogP contribution is 2.41. The van der Waals surface area contributed by atoms with Crippen molar-refractivity contribution in [2.24, 2.45) is 0 Å². The van der Waals surface area contributed by atoms with Crippen LogP contribution in [-0.2, 0) is 20.9 Å². The van der Waals surface area contributed by atoms with Gasteiger partial charge in [0, 0.05) is 23.8 Å². The molecule has 8 heteroatoms. The highest BCUT2D eigenvalue weighted by molar-refractivity contribution is 7.99. The molecule has 0 aliphatic carbocycles. The Labute approximate surface area is 136 Å². The van der Waals surface area contributed by atoms with Gasteiger partial charge in [0.05, 0.1) is 12.3 Å². The number of aromatic nitrogens is 2. The smallest absolute Gasteiger partial charge is 0.396 e. The largest absolute Gasteiger partial charge is 0.459 e. The van der Waals surface area contributed by atoms with E-state index in [1.165, 1.54) is 11.8 Å². The maximum absolute atomic E-state index is 11.5. The summed E-state index contributed by atoms with van der Waals surface area (Å²) in [5, 5.41) is 6.57. The zero-order valence-corrected chi connectivity index (χ0v) is 13.1. The Morgan fingerprint density at radius 2 is 2.13 bits per heavy atom. The number of rotatable bonds is 3. The van der Waals surface area contributed by atoms with Crippen LogP contribution in [0.25, 0.3) is 0 Å². The molecule has 0 spiro atoms. The summed E-state index contributed by atoms with van der Waals surface area (Å²) in [4.78, 5) is 32.3. The van der Waals surface area contributed by atoms with E-state index in [0.717, 1.165) is 21.2 Å². The Hall–Kier alpha value is -2.61. The van der Waals surface area contributed by atoms with Gasteiger partial charge in [-0.3, -0.25) is 4.79 Å². The molecule has 1 aliphatic heterocycles. The zero-order valence-electron chi connectivity index (χ0n) is 12.3. The summed E-state index contributed by atoms with van der Waals surface area (Å²) in [5.74, 6) is -0.913. The van der Waals surface area contributed by atoms with Crippen LogP contribution in [0.15, 0.2) is 40.5 Å². The number of nitrogens with one attached hydrogen (secondary N) is 2. The quantitative estimate of drug-likeness (QED) is 0.559. The molecule has 2 heterocycles. The lowest BCUT2D eigenvalue weighted by Gasteiger charge is -2.19. The molecule has 118 valence electrons. The minimum atomic E-state index is -0.872. The van der Waals surface area contributed by atoms with Crippen molar-refractivity contribution >= 4 is 35.1 Å². The van der Waals surface area contributed by atoms with Gasteiger partial charge < -0.3 is 15.4 Å². The van der Waals surface area contributed by atoms with Crippen molar-refractivity contribution in [3.8, 4) is 0 Å². The standard InChI is InChI=1S/C15H14N4O3S/c1-2-22-15(21)13(20)18-8-9-3-4-11-10(7-9)19-12-14(23-11)17-6-5-16-12/h3-7H,2,8H2,1H3,(H,16,19)(H,18,20). The summed E-state index contributed by atoms with van der Waals surface area (Å²) in [6.45, 7) is 2.07. The summed E-state index contributed by atoms with van der Waals surface area (Å²) in [5.41, 5.74) is 1.76. The fourth-order valence-corrected chi connectivity index (χ4v) is 2.92. The van der Waals surface area contributed by atoms with Crippen LogP contribution in [0.1, 0.15) is 12.5 Å². The maximum atomic E-state index is 11.5. The van der Waals surface area contributed by atoms with Crippen molar-refractivity contribution in [1.29, 1.82) is 0 Å². The van der Waals surface area contributed by atoms with Gasteiger partial charge in [0.1, 0.15) is 5.03 Å². The number of carbonyl (C=O) groups is 2. The van der Waals surface area contributed by atoms with Crippen LogP contribution in [0.2, 0.25) is 0 Å². The molecule has 1 amide bonds. The van der Waals surface area contributed by atoms with E-state index < -0.39 is 11.9 Å². The molecule has 0 bridgehead atoms. The number of carbonyl (C=O) groups excluding carboxylic acids is 2. The molecular formula is C15H14N4O3S. The fourth-order valence-electron chi connectivity index (χ4n) is 2.04. The molecule has 3 rings (SSSR count). The van der Waals surface area contributed by atoms with Crippen LogP contribution in [0.4, 0.5) is 11.5 Å². The Balaban J connectivity index is 1.68. The van der Waals surface area contributed by atoms with Gasteiger partial charge in [-0.2, -0.15) is 0 Å². The number of benzene rings is 1. The van der Waals surface area contributed by atoms with Crippen molar-refractivity contribution in [3.05, 3.63) is 36.2 Å². The number of hydrogen-bond donors (Lipinski definition) is 2. The fraction of sp³-hybridized carbons (Fsp3) is 0.200. The van der Waals surface area contributed by atoms with Crippen LogP contribution in [0.3, 0.4) is 0 Å². The van der Waals surface area contributed by atoms with Gasteiger partial charge in [-0.1, -0.05) is 17.8 Å². The van der Waals surface area contributed by atoms with E-state index in [-0.39, 0.29) is 13.2 Å². The van der Waals surface area contributed by atoms with Gasteiger partial charge in [-0.15, -0.1) is 0 Å². The molecule has 7 nitrogen and oxygen atoms in total. The van der Waals surface area contributed by atoms with E-state index in [2.05, 4.69) is 25.3 Å². The molecule has 23 heavy (non-hydrogen) atoms. The van der Waals surface area contributed by atoms with E-state index in [1.54, 1.807) is 19.3 Å².